The lowest BCUT2D eigenvalue weighted by Gasteiger charge is -2.32. The summed E-state index contributed by atoms with van der Waals surface area (Å²) in [6.07, 6.45) is 13.1. The van der Waals surface area contributed by atoms with Crippen molar-refractivity contribution in [2.75, 3.05) is 0 Å². The van der Waals surface area contributed by atoms with Crippen LogP contribution in [0.4, 0.5) is 17.6 Å². The fourth-order valence-electron chi connectivity index (χ4n) is 5.78. The Bertz CT molecular complexity index is 656. The van der Waals surface area contributed by atoms with Crippen LogP contribution in [-0.2, 0) is 6.42 Å². The maximum Gasteiger partial charge on any atom is 0.573 e. The highest BCUT2D eigenvalue weighted by molar-refractivity contribution is 5.29. The third-order valence-corrected chi connectivity index (χ3v) is 7.68. The van der Waals surface area contributed by atoms with Crippen LogP contribution >= 0.6 is 0 Å². The molecule has 0 amide bonds. The molecular weight excluding hydrogens is 404 g/mol. The molecule has 3 rings (SSSR count). The molecule has 0 atom stereocenters. The Balaban J connectivity index is 1.32. The van der Waals surface area contributed by atoms with Gasteiger partial charge in [-0.05, 0) is 54.2 Å². The first-order valence-corrected chi connectivity index (χ1v) is 12.4. The van der Waals surface area contributed by atoms with E-state index in [0.717, 1.165) is 35.8 Å². The smallest absolute Gasteiger partial charge is 0.403 e. The predicted octanol–water partition coefficient (Wildman–Crippen LogP) is 8.85. The second-order valence-electron chi connectivity index (χ2n) is 9.99. The van der Waals surface area contributed by atoms with Crippen molar-refractivity contribution in [1.29, 1.82) is 0 Å². The molecule has 2 saturated carbocycles. The highest BCUT2D eigenvalue weighted by atomic mass is 19.4. The van der Waals surface area contributed by atoms with E-state index in [1.165, 1.54) is 83.1 Å². The van der Waals surface area contributed by atoms with E-state index >= 15 is 0 Å². The van der Waals surface area contributed by atoms with Crippen molar-refractivity contribution < 1.29 is 22.3 Å². The first-order chi connectivity index (χ1) is 14.8. The Labute approximate surface area is 184 Å². The van der Waals surface area contributed by atoms with Crippen LogP contribution in [-0.4, -0.2) is 6.36 Å². The van der Waals surface area contributed by atoms with E-state index in [1.807, 2.05) is 0 Å². The van der Waals surface area contributed by atoms with Crippen molar-refractivity contribution >= 4 is 0 Å². The zero-order valence-electron chi connectivity index (χ0n) is 18.9. The monoisotopic (exact) mass is 442 g/mol. The van der Waals surface area contributed by atoms with Crippen LogP contribution in [0.2, 0.25) is 0 Å². The van der Waals surface area contributed by atoms with Crippen molar-refractivity contribution in [1.82, 2.24) is 0 Å². The summed E-state index contributed by atoms with van der Waals surface area (Å²) in [5, 5.41) is 0. The summed E-state index contributed by atoms with van der Waals surface area (Å²) >= 11 is 0. The number of hydrogen-bond acceptors (Lipinski definition) is 1. The van der Waals surface area contributed by atoms with Crippen LogP contribution in [0.3, 0.4) is 0 Å². The van der Waals surface area contributed by atoms with Crippen molar-refractivity contribution in [2.24, 2.45) is 23.7 Å². The molecule has 5 heteroatoms. The highest BCUT2D eigenvalue weighted by Crippen LogP contribution is 2.38. The molecule has 176 valence electrons. The van der Waals surface area contributed by atoms with Gasteiger partial charge in [0, 0.05) is 0 Å². The lowest BCUT2D eigenvalue weighted by atomic mass is 9.74. The van der Waals surface area contributed by atoms with Gasteiger partial charge in [0.15, 0.2) is 11.6 Å². The molecule has 0 heterocycles. The maximum atomic E-state index is 13.9. The minimum atomic E-state index is -4.87. The normalized spacial score (nSPS) is 27.3. The van der Waals surface area contributed by atoms with E-state index in [1.54, 1.807) is 6.07 Å². The van der Waals surface area contributed by atoms with Crippen LogP contribution in [0.15, 0.2) is 18.2 Å². The third kappa shape index (κ3) is 8.31. The number of rotatable bonds is 9. The van der Waals surface area contributed by atoms with Gasteiger partial charge in [-0.3, -0.25) is 0 Å². The SMILES string of the molecule is CCCC1CCC(CCC2CCC(CCc3ccc(OC(F)(F)F)c(F)c3)CC2)CC1. The van der Waals surface area contributed by atoms with Gasteiger partial charge >= 0.3 is 6.36 Å². The third-order valence-electron chi connectivity index (χ3n) is 7.68. The van der Waals surface area contributed by atoms with Crippen LogP contribution in [0.1, 0.15) is 96.0 Å². The second-order valence-corrected chi connectivity index (χ2v) is 9.99. The Hall–Kier alpha value is -1.26. The minimum absolute atomic E-state index is 0.648. The lowest BCUT2D eigenvalue weighted by Crippen LogP contribution is -2.18. The maximum absolute atomic E-state index is 13.9. The summed E-state index contributed by atoms with van der Waals surface area (Å²) in [7, 11) is 0. The predicted molar refractivity (Wildman–Crippen MR) is 116 cm³/mol. The molecule has 0 N–H and O–H groups in total. The molecular formula is C26H38F4O. The molecule has 2 aliphatic carbocycles. The summed E-state index contributed by atoms with van der Waals surface area (Å²) < 4.78 is 54.4. The van der Waals surface area contributed by atoms with Gasteiger partial charge in [-0.2, -0.15) is 0 Å². The lowest BCUT2D eigenvalue weighted by molar-refractivity contribution is -0.275. The van der Waals surface area contributed by atoms with Crippen molar-refractivity contribution in [3.05, 3.63) is 29.6 Å². The molecule has 1 aromatic rings. The molecule has 0 radical (unpaired) electrons. The van der Waals surface area contributed by atoms with E-state index in [2.05, 4.69) is 11.7 Å². The average Bonchev–Trinajstić information content (AvgIpc) is 2.74. The Morgan fingerprint density at radius 1 is 0.774 bits per heavy atom. The van der Waals surface area contributed by atoms with E-state index in [0.29, 0.717) is 12.3 Å². The van der Waals surface area contributed by atoms with Crippen LogP contribution in [0.25, 0.3) is 0 Å². The number of benzene rings is 1. The van der Waals surface area contributed by atoms with Gasteiger partial charge in [0.05, 0.1) is 0 Å². The second kappa shape index (κ2) is 11.6. The molecule has 0 aliphatic heterocycles. The minimum Gasteiger partial charge on any atom is -0.403 e. The number of ether oxygens (including phenoxy) is 1. The summed E-state index contributed by atoms with van der Waals surface area (Å²) in [6.45, 7) is 2.30. The molecule has 0 saturated heterocycles. The first-order valence-electron chi connectivity index (χ1n) is 12.4. The summed E-state index contributed by atoms with van der Waals surface area (Å²) in [6, 6.07) is 3.82. The van der Waals surface area contributed by atoms with E-state index in [-0.39, 0.29) is 0 Å². The van der Waals surface area contributed by atoms with Gasteiger partial charge in [-0.15, -0.1) is 13.2 Å². The van der Waals surface area contributed by atoms with Gasteiger partial charge in [0.25, 0.3) is 0 Å². The molecule has 2 fully saturated rings. The zero-order chi connectivity index (χ0) is 22.3. The van der Waals surface area contributed by atoms with Crippen molar-refractivity contribution in [2.45, 2.75) is 103 Å². The van der Waals surface area contributed by atoms with Gasteiger partial charge in [0.1, 0.15) is 0 Å². The molecule has 0 aromatic heterocycles. The van der Waals surface area contributed by atoms with Crippen molar-refractivity contribution in [3.8, 4) is 5.75 Å². The van der Waals surface area contributed by atoms with Gasteiger partial charge < -0.3 is 4.74 Å². The quantitative estimate of drug-likeness (QED) is 0.347. The topological polar surface area (TPSA) is 9.23 Å². The Kier molecular flexibility index (Phi) is 9.09. The first kappa shape index (κ1) is 24.4. The number of alkyl halides is 3. The van der Waals surface area contributed by atoms with Gasteiger partial charge in [-0.1, -0.05) is 90.0 Å². The largest absolute Gasteiger partial charge is 0.573 e. The van der Waals surface area contributed by atoms with Gasteiger partial charge in [-0.25, -0.2) is 4.39 Å². The highest BCUT2D eigenvalue weighted by Gasteiger charge is 2.32. The summed E-state index contributed by atoms with van der Waals surface area (Å²) in [5.41, 5.74) is 0.743. The standard InChI is InChI=1S/C26H38F4O/c1-2-3-19-4-6-20(7-5-19)8-9-21-10-12-22(13-11-21)14-15-23-16-17-25(24(27)18-23)31-26(28,29)30/h16-22H,2-15H2,1H3. The average molecular weight is 443 g/mol. The molecule has 31 heavy (non-hydrogen) atoms. The van der Waals surface area contributed by atoms with E-state index < -0.39 is 17.9 Å². The number of hydrogen-bond donors (Lipinski definition) is 0. The molecule has 0 unspecified atom stereocenters. The molecule has 2 aliphatic rings. The van der Waals surface area contributed by atoms with Crippen molar-refractivity contribution in [3.63, 3.8) is 0 Å². The fraction of sp³-hybridized carbons (Fsp3) is 0.769. The fourth-order valence-corrected chi connectivity index (χ4v) is 5.78. The molecule has 0 bridgehead atoms. The summed E-state index contributed by atoms with van der Waals surface area (Å²) in [5.74, 6) is 1.75. The zero-order valence-corrected chi connectivity index (χ0v) is 18.9. The number of halogens is 4. The summed E-state index contributed by atoms with van der Waals surface area (Å²) in [4.78, 5) is 0. The van der Waals surface area contributed by atoms with E-state index in [9.17, 15) is 17.6 Å². The molecule has 1 aromatic carbocycles. The Morgan fingerprint density at radius 3 is 1.71 bits per heavy atom. The number of aryl methyl sites for hydroxylation is 1. The van der Waals surface area contributed by atoms with Crippen LogP contribution < -0.4 is 4.74 Å². The van der Waals surface area contributed by atoms with Gasteiger partial charge in [0.2, 0.25) is 0 Å². The van der Waals surface area contributed by atoms with Crippen LogP contribution in [0, 0.1) is 29.5 Å². The molecule has 0 spiro atoms. The molecule has 1 nitrogen and oxygen atoms in total. The van der Waals surface area contributed by atoms with Crippen LogP contribution in [0.5, 0.6) is 5.75 Å². The van der Waals surface area contributed by atoms with E-state index in [4.69, 9.17) is 0 Å². The Morgan fingerprint density at radius 2 is 1.26 bits per heavy atom.